The van der Waals surface area contributed by atoms with Crippen LogP contribution in [-0.2, 0) is 24.1 Å². The van der Waals surface area contributed by atoms with Gasteiger partial charge < -0.3 is 19.8 Å². The molecule has 2 aromatic heterocycles. The number of unbranched alkanes of at least 4 members (excludes halogenated alkanes) is 4. The number of halogens is 2. The number of methoxy groups -OCH3 is 1. The van der Waals surface area contributed by atoms with Gasteiger partial charge in [0.1, 0.15) is 35.8 Å². The van der Waals surface area contributed by atoms with Crippen LogP contribution in [0, 0.1) is 5.82 Å². The number of hydrogen-bond acceptors (Lipinski definition) is 6. The van der Waals surface area contributed by atoms with Gasteiger partial charge in [0.15, 0.2) is 0 Å². The number of fused-ring (bicyclic) bond motifs is 1. The van der Waals surface area contributed by atoms with E-state index in [1.54, 1.807) is 13.2 Å². The van der Waals surface area contributed by atoms with Crippen molar-refractivity contribution in [2.45, 2.75) is 51.4 Å². The molecule has 0 amide bonds. The van der Waals surface area contributed by atoms with Gasteiger partial charge >= 0.3 is 0 Å². The zero-order chi connectivity index (χ0) is 25.3. The van der Waals surface area contributed by atoms with Crippen LogP contribution in [0.1, 0.15) is 49.2 Å². The van der Waals surface area contributed by atoms with Crippen LogP contribution in [-0.4, -0.2) is 33.3 Å². The number of nitrogens with one attached hydrogen (secondary N) is 2. The number of hydrogen-bond donors (Lipinski definition) is 2. The van der Waals surface area contributed by atoms with Crippen molar-refractivity contribution in [2.75, 3.05) is 12.4 Å². The first-order chi connectivity index (χ1) is 17.6. The van der Waals surface area contributed by atoms with Crippen molar-refractivity contribution in [1.29, 1.82) is 0 Å². The summed E-state index contributed by atoms with van der Waals surface area (Å²) in [5.74, 6) is 1.87. The van der Waals surface area contributed by atoms with Crippen LogP contribution in [0.4, 0.5) is 15.9 Å². The van der Waals surface area contributed by atoms with Crippen LogP contribution in [0.2, 0.25) is 5.02 Å². The number of imidazole rings is 1. The van der Waals surface area contributed by atoms with E-state index < -0.39 is 5.82 Å². The van der Waals surface area contributed by atoms with E-state index in [1.165, 1.54) is 18.5 Å². The van der Waals surface area contributed by atoms with Gasteiger partial charge in [-0.1, -0.05) is 24.4 Å². The number of anilines is 2. The topological polar surface area (TPSA) is 92.8 Å². The highest BCUT2D eigenvalue weighted by molar-refractivity contribution is 6.31. The van der Waals surface area contributed by atoms with Gasteiger partial charge in [-0.05, 0) is 55.5 Å². The summed E-state index contributed by atoms with van der Waals surface area (Å²) in [6, 6.07) is 8.38. The fourth-order valence-corrected chi connectivity index (χ4v) is 4.31. The number of aromatic nitrogens is 4. The number of rotatable bonds is 13. The molecule has 4 aromatic rings. The van der Waals surface area contributed by atoms with Crippen LogP contribution >= 0.6 is 11.6 Å². The Morgan fingerprint density at radius 3 is 2.72 bits per heavy atom. The zero-order valence-electron chi connectivity index (χ0n) is 20.2. The number of benzene rings is 2. The largest absolute Gasteiger partial charge is 0.496 e. The Kier molecular flexibility index (Phi) is 8.84. The van der Waals surface area contributed by atoms with Crippen molar-refractivity contribution in [3.05, 3.63) is 70.8 Å². The fourth-order valence-electron chi connectivity index (χ4n) is 4.13. The first-order valence-electron chi connectivity index (χ1n) is 12.1. The van der Waals surface area contributed by atoms with Gasteiger partial charge in [0.05, 0.1) is 17.6 Å². The van der Waals surface area contributed by atoms with Crippen molar-refractivity contribution in [1.82, 2.24) is 19.9 Å². The number of aromatic amines is 1. The number of ether oxygens (including phenoxy) is 1. The second kappa shape index (κ2) is 12.4. The highest BCUT2D eigenvalue weighted by Crippen LogP contribution is 2.31. The summed E-state index contributed by atoms with van der Waals surface area (Å²) < 4.78 is 19.2. The number of aldehydes is 1. The van der Waals surface area contributed by atoms with E-state index in [2.05, 4.69) is 25.3 Å². The molecule has 0 bridgehead atoms. The van der Waals surface area contributed by atoms with E-state index in [-0.39, 0.29) is 5.02 Å². The summed E-state index contributed by atoms with van der Waals surface area (Å²) in [5, 5.41) is 4.08. The summed E-state index contributed by atoms with van der Waals surface area (Å²) in [7, 11) is 1.65. The smallest absolute Gasteiger partial charge is 0.141 e. The van der Waals surface area contributed by atoms with E-state index in [9.17, 15) is 9.18 Å². The minimum absolute atomic E-state index is 0.0394. The number of aryl methyl sites for hydroxylation is 3. The number of nitrogens with zero attached hydrogens (tertiary/aromatic N) is 3. The lowest BCUT2D eigenvalue weighted by Gasteiger charge is -2.13. The quantitative estimate of drug-likeness (QED) is 0.160. The molecule has 0 aliphatic rings. The van der Waals surface area contributed by atoms with Crippen molar-refractivity contribution < 1.29 is 13.9 Å². The molecule has 0 radical (unpaired) electrons. The van der Waals surface area contributed by atoms with E-state index in [1.807, 2.05) is 18.3 Å². The third kappa shape index (κ3) is 6.57. The van der Waals surface area contributed by atoms with E-state index >= 15 is 0 Å². The van der Waals surface area contributed by atoms with Crippen molar-refractivity contribution in [3.63, 3.8) is 0 Å². The molecule has 0 aliphatic heterocycles. The van der Waals surface area contributed by atoms with Crippen LogP contribution in [0.5, 0.6) is 5.75 Å². The molecular formula is C27H29ClFN5O2. The maximum atomic E-state index is 13.6. The summed E-state index contributed by atoms with van der Waals surface area (Å²) in [6.07, 6.45) is 11.6. The second-order valence-electron chi connectivity index (χ2n) is 8.63. The first kappa shape index (κ1) is 25.6. The van der Waals surface area contributed by atoms with Crippen LogP contribution in [0.15, 0.2) is 42.9 Å². The molecule has 0 saturated heterocycles. The van der Waals surface area contributed by atoms with Crippen LogP contribution < -0.4 is 10.1 Å². The normalized spacial score (nSPS) is 11.1. The monoisotopic (exact) mass is 509 g/mol. The zero-order valence-corrected chi connectivity index (χ0v) is 20.9. The fraction of sp³-hybridized carbons (Fsp3) is 0.333. The molecule has 2 aromatic carbocycles. The Hall–Kier alpha value is -3.52. The standard InChI is InChI=1S/C27H29ClFN5O2/c1-36-25-15-24-21(27(32-17-31-24)34-19-10-11-23(29)22(28)14-19)13-18(25)8-9-20-16-30-26(33-20)7-5-3-2-4-6-12-35/h10-17H,2-9H2,1H3,(H,30,33)(H,31,32,34). The Morgan fingerprint density at radius 2 is 1.92 bits per heavy atom. The summed E-state index contributed by atoms with van der Waals surface area (Å²) in [5.41, 5.74) is 3.45. The molecule has 0 unspecified atom stereocenters. The predicted octanol–water partition coefficient (Wildman–Crippen LogP) is 6.37. The molecule has 9 heteroatoms. The lowest BCUT2D eigenvalue weighted by Crippen LogP contribution is -2.00. The molecule has 0 aliphatic carbocycles. The van der Waals surface area contributed by atoms with Crippen LogP contribution in [0.3, 0.4) is 0 Å². The van der Waals surface area contributed by atoms with Crippen molar-refractivity contribution in [2.24, 2.45) is 0 Å². The minimum Gasteiger partial charge on any atom is -0.496 e. The van der Waals surface area contributed by atoms with Gasteiger partial charge in [-0.2, -0.15) is 0 Å². The van der Waals surface area contributed by atoms with Gasteiger partial charge in [-0.25, -0.2) is 19.3 Å². The van der Waals surface area contributed by atoms with Gasteiger partial charge in [-0.3, -0.25) is 0 Å². The summed E-state index contributed by atoms with van der Waals surface area (Å²) >= 11 is 5.93. The molecule has 188 valence electrons. The average molecular weight is 510 g/mol. The van der Waals surface area contributed by atoms with Gasteiger partial charge in [0.25, 0.3) is 0 Å². The first-order valence-corrected chi connectivity index (χ1v) is 12.4. The summed E-state index contributed by atoms with van der Waals surface area (Å²) in [6.45, 7) is 0. The van der Waals surface area contributed by atoms with E-state index in [4.69, 9.17) is 16.3 Å². The molecule has 2 N–H and O–H groups in total. The number of carbonyl (C=O) groups is 1. The Morgan fingerprint density at radius 1 is 1.06 bits per heavy atom. The van der Waals surface area contributed by atoms with Crippen LogP contribution in [0.25, 0.3) is 10.9 Å². The minimum atomic E-state index is -0.474. The Labute approximate surface area is 214 Å². The average Bonchev–Trinajstić information content (AvgIpc) is 3.34. The molecule has 0 saturated carbocycles. The second-order valence-corrected chi connectivity index (χ2v) is 9.04. The maximum absolute atomic E-state index is 13.6. The van der Waals surface area contributed by atoms with Gasteiger partial charge in [0, 0.05) is 41.9 Å². The molecule has 4 rings (SSSR count). The highest BCUT2D eigenvalue weighted by atomic mass is 35.5. The SMILES string of the molecule is COc1cc2ncnc(Nc3ccc(F)c(Cl)c3)c2cc1CCc1cnc(CCCCCCC=O)[nH]1. The lowest BCUT2D eigenvalue weighted by molar-refractivity contribution is -0.107. The van der Waals surface area contributed by atoms with Crippen molar-refractivity contribution in [3.8, 4) is 5.75 Å². The molecule has 2 heterocycles. The molecular weight excluding hydrogens is 481 g/mol. The predicted molar refractivity (Wildman–Crippen MR) is 140 cm³/mol. The summed E-state index contributed by atoms with van der Waals surface area (Å²) in [4.78, 5) is 27.1. The molecule has 36 heavy (non-hydrogen) atoms. The molecule has 7 nitrogen and oxygen atoms in total. The van der Waals surface area contributed by atoms with Crippen molar-refractivity contribution >= 4 is 40.3 Å². The van der Waals surface area contributed by atoms with Gasteiger partial charge in [0.2, 0.25) is 0 Å². The Bertz CT molecular complexity index is 1330. The molecule has 0 atom stereocenters. The highest BCUT2D eigenvalue weighted by Gasteiger charge is 2.12. The Balaban J connectivity index is 1.45. The van der Waals surface area contributed by atoms with E-state index in [0.717, 1.165) is 85.0 Å². The lowest BCUT2D eigenvalue weighted by atomic mass is 10.0. The number of carbonyl (C=O) groups excluding carboxylic acids is 1. The third-order valence-electron chi connectivity index (χ3n) is 6.05. The molecule has 0 fully saturated rings. The number of H-pyrrole nitrogens is 1. The third-order valence-corrected chi connectivity index (χ3v) is 6.34. The van der Waals surface area contributed by atoms with E-state index in [0.29, 0.717) is 17.9 Å². The van der Waals surface area contributed by atoms with Gasteiger partial charge in [-0.15, -0.1) is 0 Å². The maximum Gasteiger partial charge on any atom is 0.141 e. The molecule has 0 spiro atoms.